The van der Waals surface area contributed by atoms with Gasteiger partial charge in [-0.25, -0.2) is 4.68 Å². The molecule has 0 atom stereocenters. The molecule has 7 heteroatoms. The second-order valence-electron chi connectivity index (χ2n) is 4.47. The van der Waals surface area contributed by atoms with Gasteiger partial charge < -0.3 is 15.2 Å². The maximum Gasteiger partial charge on any atom is 0.242 e. The van der Waals surface area contributed by atoms with Crippen molar-refractivity contribution in [1.82, 2.24) is 20.3 Å². The molecule has 112 valence electrons. The number of nitrogens with one attached hydrogen (secondary N) is 1. The van der Waals surface area contributed by atoms with Gasteiger partial charge in [-0.1, -0.05) is 23.4 Å². The number of hydrogen-bond donors (Lipinski definition) is 2. The van der Waals surface area contributed by atoms with Crippen molar-refractivity contribution in [2.45, 2.75) is 19.5 Å². The topological polar surface area (TPSA) is 89.3 Å². The van der Waals surface area contributed by atoms with Crippen LogP contribution in [0.3, 0.4) is 0 Å². The minimum atomic E-state index is -0.165. The van der Waals surface area contributed by atoms with Gasteiger partial charge in [0.25, 0.3) is 0 Å². The molecule has 1 aromatic carbocycles. The molecule has 0 unspecified atom stereocenters. The molecule has 0 fully saturated rings. The predicted octanol–water partition coefficient (Wildman–Crippen LogP) is 0.138. The Morgan fingerprint density at radius 1 is 1.43 bits per heavy atom. The standard InChI is InChI=1S/C14H18N4O3/c1-21-13-5-3-2-4-11(13)8-15-14(20)10-18-9-12(6-7-19)16-17-18/h2-5,9,19H,6-8,10H2,1H3,(H,15,20). The Hall–Kier alpha value is -2.41. The number of rotatable bonds is 7. The summed E-state index contributed by atoms with van der Waals surface area (Å²) in [4.78, 5) is 11.9. The molecule has 1 heterocycles. The van der Waals surface area contributed by atoms with Crippen LogP contribution < -0.4 is 10.1 Å². The van der Waals surface area contributed by atoms with Crippen LogP contribution in [-0.2, 0) is 24.3 Å². The molecule has 2 aromatic rings. The van der Waals surface area contributed by atoms with E-state index in [9.17, 15) is 4.79 Å². The molecule has 0 bridgehead atoms. The normalized spacial score (nSPS) is 10.4. The van der Waals surface area contributed by atoms with E-state index in [1.807, 2.05) is 24.3 Å². The van der Waals surface area contributed by atoms with E-state index in [0.717, 1.165) is 11.3 Å². The van der Waals surface area contributed by atoms with Gasteiger partial charge in [0.1, 0.15) is 12.3 Å². The number of amides is 1. The highest BCUT2D eigenvalue weighted by Gasteiger charge is 2.07. The maximum atomic E-state index is 11.9. The third kappa shape index (κ3) is 4.28. The van der Waals surface area contributed by atoms with Crippen molar-refractivity contribution in [3.05, 3.63) is 41.7 Å². The first-order chi connectivity index (χ1) is 10.2. The monoisotopic (exact) mass is 290 g/mol. The van der Waals surface area contributed by atoms with E-state index in [2.05, 4.69) is 15.6 Å². The average molecular weight is 290 g/mol. The lowest BCUT2D eigenvalue weighted by Crippen LogP contribution is -2.27. The zero-order valence-electron chi connectivity index (χ0n) is 11.8. The van der Waals surface area contributed by atoms with E-state index in [0.29, 0.717) is 18.7 Å². The molecule has 0 aliphatic rings. The zero-order chi connectivity index (χ0) is 15.1. The summed E-state index contributed by atoms with van der Waals surface area (Å²) < 4.78 is 6.67. The van der Waals surface area contributed by atoms with E-state index in [4.69, 9.17) is 9.84 Å². The number of ether oxygens (including phenoxy) is 1. The van der Waals surface area contributed by atoms with Crippen LogP contribution in [0.2, 0.25) is 0 Å². The van der Waals surface area contributed by atoms with Crippen molar-refractivity contribution >= 4 is 5.91 Å². The summed E-state index contributed by atoms with van der Waals surface area (Å²) in [6.07, 6.45) is 2.09. The number of para-hydroxylation sites is 1. The number of aliphatic hydroxyl groups excluding tert-OH is 1. The Bertz CT molecular complexity index is 597. The number of methoxy groups -OCH3 is 1. The van der Waals surface area contributed by atoms with Gasteiger partial charge >= 0.3 is 0 Å². The summed E-state index contributed by atoms with van der Waals surface area (Å²) in [7, 11) is 1.60. The van der Waals surface area contributed by atoms with Crippen LogP contribution in [0, 0.1) is 0 Å². The SMILES string of the molecule is COc1ccccc1CNC(=O)Cn1cc(CCO)nn1. The first kappa shape index (κ1) is 15.0. The highest BCUT2D eigenvalue weighted by atomic mass is 16.5. The van der Waals surface area contributed by atoms with E-state index in [-0.39, 0.29) is 19.1 Å². The highest BCUT2D eigenvalue weighted by molar-refractivity contribution is 5.75. The predicted molar refractivity (Wildman–Crippen MR) is 75.7 cm³/mol. The average Bonchev–Trinajstić information content (AvgIpc) is 2.93. The van der Waals surface area contributed by atoms with Gasteiger partial charge in [0, 0.05) is 31.3 Å². The van der Waals surface area contributed by atoms with E-state index >= 15 is 0 Å². The molecule has 0 radical (unpaired) electrons. The number of carbonyl (C=O) groups is 1. The van der Waals surface area contributed by atoms with Crippen molar-refractivity contribution < 1.29 is 14.6 Å². The lowest BCUT2D eigenvalue weighted by molar-refractivity contribution is -0.122. The largest absolute Gasteiger partial charge is 0.496 e. The van der Waals surface area contributed by atoms with Crippen molar-refractivity contribution in [3.8, 4) is 5.75 Å². The van der Waals surface area contributed by atoms with E-state index in [1.165, 1.54) is 4.68 Å². The van der Waals surface area contributed by atoms with Crippen molar-refractivity contribution in [1.29, 1.82) is 0 Å². The summed E-state index contributed by atoms with van der Waals surface area (Å²) in [5.74, 6) is 0.574. The third-order valence-corrected chi connectivity index (χ3v) is 2.93. The van der Waals surface area contributed by atoms with Gasteiger partial charge in [0.15, 0.2) is 0 Å². The van der Waals surface area contributed by atoms with Crippen molar-refractivity contribution in [2.24, 2.45) is 0 Å². The first-order valence-electron chi connectivity index (χ1n) is 6.61. The van der Waals surface area contributed by atoms with Gasteiger partial charge in [0.05, 0.1) is 12.8 Å². The zero-order valence-corrected chi connectivity index (χ0v) is 11.8. The fourth-order valence-electron chi connectivity index (χ4n) is 1.89. The van der Waals surface area contributed by atoms with Crippen molar-refractivity contribution in [2.75, 3.05) is 13.7 Å². The Balaban J connectivity index is 1.86. The molecular weight excluding hydrogens is 272 g/mol. The second kappa shape index (κ2) is 7.39. The Kier molecular flexibility index (Phi) is 5.28. The van der Waals surface area contributed by atoms with Crippen LogP contribution in [0.1, 0.15) is 11.3 Å². The molecule has 21 heavy (non-hydrogen) atoms. The Labute approximate surface area is 122 Å². The number of aliphatic hydroxyl groups is 1. The molecule has 0 saturated carbocycles. The molecule has 0 aliphatic carbocycles. The molecular formula is C14H18N4O3. The quantitative estimate of drug-likeness (QED) is 0.757. The molecule has 0 spiro atoms. The number of hydrogen-bond acceptors (Lipinski definition) is 5. The molecule has 0 aliphatic heterocycles. The number of benzene rings is 1. The molecule has 0 saturated heterocycles. The second-order valence-corrected chi connectivity index (χ2v) is 4.47. The fraction of sp³-hybridized carbons (Fsp3) is 0.357. The highest BCUT2D eigenvalue weighted by Crippen LogP contribution is 2.16. The van der Waals surface area contributed by atoms with Crippen LogP contribution in [0.5, 0.6) is 5.75 Å². The van der Waals surface area contributed by atoms with E-state index in [1.54, 1.807) is 13.3 Å². The molecule has 7 nitrogen and oxygen atoms in total. The van der Waals surface area contributed by atoms with Gasteiger partial charge in [0.2, 0.25) is 5.91 Å². The van der Waals surface area contributed by atoms with Crippen LogP contribution in [0.15, 0.2) is 30.5 Å². The number of aromatic nitrogens is 3. The molecule has 2 rings (SSSR count). The number of carbonyl (C=O) groups excluding carboxylic acids is 1. The van der Waals surface area contributed by atoms with Gasteiger partial charge in [-0.3, -0.25) is 4.79 Å². The van der Waals surface area contributed by atoms with Gasteiger partial charge in [-0.15, -0.1) is 5.10 Å². The van der Waals surface area contributed by atoms with Gasteiger partial charge in [-0.05, 0) is 6.07 Å². The third-order valence-electron chi connectivity index (χ3n) is 2.93. The summed E-state index contributed by atoms with van der Waals surface area (Å²) in [5.41, 5.74) is 1.57. The van der Waals surface area contributed by atoms with Crippen LogP contribution in [0.4, 0.5) is 0 Å². The van der Waals surface area contributed by atoms with E-state index < -0.39 is 0 Å². The van der Waals surface area contributed by atoms with Crippen LogP contribution in [-0.4, -0.2) is 39.7 Å². The van der Waals surface area contributed by atoms with Crippen LogP contribution in [0.25, 0.3) is 0 Å². The minimum Gasteiger partial charge on any atom is -0.496 e. The molecule has 2 N–H and O–H groups in total. The van der Waals surface area contributed by atoms with Crippen molar-refractivity contribution in [3.63, 3.8) is 0 Å². The minimum absolute atomic E-state index is 0.0126. The fourth-order valence-corrected chi connectivity index (χ4v) is 1.89. The molecule has 1 aromatic heterocycles. The summed E-state index contributed by atoms with van der Waals surface area (Å²) in [5, 5.41) is 19.3. The summed E-state index contributed by atoms with van der Waals surface area (Å²) >= 11 is 0. The Morgan fingerprint density at radius 3 is 3.00 bits per heavy atom. The maximum absolute atomic E-state index is 11.9. The summed E-state index contributed by atoms with van der Waals surface area (Å²) in [6.45, 7) is 0.493. The Morgan fingerprint density at radius 2 is 2.24 bits per heavy atom. The number of nitrogens with zero attached hydrogens (tertiary/aromatic N) is 3. The first-order valence-corrected chi connectivity index (χ1v) is 6.61. The van der Waals surface area contributed by atoms with Crippen LogP contribution >= 0.6 is 0 Å². The smallest absolute Gasteiger partial charge is 0.242 e. The lowest BCUT2D eigenvalue weighted by atomic mass is 10.2. The molecule has 1 amide bonds. The summed E-state index contributed by atoms with van der Waals surface area (Å²) in [6, 6.07) is 7.51. The lowest BCUT2D eigenvalue weighted by Gasteiger charge is -2.09. The van der Waals surface area contributed by atoms with Gasteiger partial charge in [-0.2, -0.15) is 0 Å².